The van der Waals surface area contributed by atoms with E-state index in [1.54, 1.807) is 29.8 Å². The van der Waals surface area contributed by atoms with Crippen LogP contribution >= 0.6 is 0 Å². The molecule has 298 valence electrons. The Bertz CT molecular complexity index is 2460. The number of aryl methyl sites for hydroxylation is 1. The number of piperidine rings is 2. The lowest BCUT2D eigenvalue weighted by molar-refractivity contribution is -0.141. The SMILES string of the molecule is CN(C(=O)C1CCC(n2cc3cc(NC(=O)c4cccc(C(F)(F)F)n4)ccc3n2)CC1)C1CCN(c2cccc3c2n(C)c(=O)n3C2CCC(=O)NC2=O)CC1. The Hall–Kier alpha value is -6.00. The Kier molecular flexibility index (Phi) is 9.85. The highest BCUT2D eigenvalue weighted by Crippen LogP contribution is 2.36. The van der Waals surface area contributed by atoms with E-state index in [0.717, 1.165) is 54.4 Å². The number of anilines is 2. The maximum absolute atomic E-state index is 13.8. The average Bonchev–Trinajstić information content (AvgIpc) is 3.75. The van der Waals surface area contributed by atoms with Crippen LogP contribution in [0.15, 0.2) is 65.6 Å². The van der Waals surface area contributed by atoms with Gasteiger partial charge in [0.05, 0.1) is 28.3 Å². The molecule has 2 aliphatic heterocycles. The number of fused-ring (bicyclic) bond motifs is 2. The summed E-state index contributed by atoms with van der Waals surface area (Å²) in [6, 6.07) is 13.4. The molecule has 0 bridgehead atoms. The Morgan fingerprint density at radius 3 is 2.39 bits per heavy atom. The fourth-order valence-electron chi connectivity index (χ4n) is 8.68. The Balaban J connectivity index is 0.865. The van der Waals surface area contributed by atoms with Gasteiger partial charge in [-0.1, -0.05) is 12.1 Å². The van der Waals surface area contributed by atoms with E-state index >= 15 is 0 Å². The second-order valence-electron chi connectivity index (χ2n) is 15.2. The molecule has 1 aliphatic carbocycles. The number of imide groups is 1. The summed E-state index contributed by atoms with van der Waals surface area (Å²) in [5.74, 6) is -1.52. The van der Waals surface area contributed by atoms with E-state index < -0.39 is 29.7 Å². The van der Waals surface area contributed by atoms with Gasteiger partial charge in [0.2, 0.25) is 17.7 Å². The third kappa shape index (κ3) is 7.26. The Labute approximate surface area is 324 Å². The topological polar surface area (TPSA) is 156 Å². The number of nitrogens with one attached hydrogen (secondary N) is 2. The number of carbonyl (C=O) groups excluding carboxylic acids is 4. The molecule has 17 heteroatoms. The molecule has 3 aliphatic rings. The molecule has 2 saturated heterocycles. The number of aromatic nitrogens is 5. The van der Waals surface area contributed by atoms with Gasteiger partial charge in [0.25, 0.3) is 5.91 Å². The first-order chi connectivity index (χ1) is 27.3. The largest absolute Gasteiger partial charge is 0.433 e. The highest BCUT2D eigenvalue weighted by atomic mass is 19.4. The molecule has 5 aromatic rings. The van der Waals surface area contributed by atoms with Crippen LogP contribution < -0.4 is 21.2 Å². The predicted octanol–water partition coefficient (Wildman–Crippen LogP) is 5.19. The second-order valence-corrected chi connectivity index (χ2v) is 15.2. The van der Waals surface area contributed by atoms with Crippen molar-refractivity contribution in [3.05, 3.63) is 82.7 Å². The van der Waals surface area contributed by atoms with E-state index in [-0.39, 0.29) is 54.0 Å². The minimum atomic E-state index is -4.66. The molecule has 14 nitrogen and oxygen atoms in total. The Morgan fingerprint density at radius 1 is 0.930 bits per heavy atom. The summed E-state index contributed by atoms with van der Waals surface area (Å²) >= 11 is 0. The van der Waals surface area contributed by atoms with Gasteiger partial charge in [-0.2, -0.15) is 18.3 Å². The summed E-state index contributed by atoms with van der Waals surface area (Å²) in [5, 5.41) is 10.5. The van der Waals surface area contributed by atoms with Crippen LogP contribution in [0.5, 0.6) is 0 Å². The number of hydrogen-bond donors (Lipinski definition) is 2. The van der Waals surface area contributed by atoms with Crippen molar-refractivity contribution < 1.29 is 32.3 Å². The summed E-state index contributed by atoms with van der Waals surface area (Å²) in [6.45, 7) is 1.37. The number of nitrogens with zero attached hydrogens (tertiary/aromatic N) is 7. The van der Waals surface area contributed by atoms with Gasteiger partial charge in [-0.15, -0.1) is 0 Å². The summed E-state index contributed by atoms with van der Waals surface area (Å²) in [5.41, 5.74) is 1.59. The van der Waals surface area contributed by atoms with Gasteiger partial charge in [0.15, 0.2) is 0 Å². The molecule has 0 spiro atoms. The van der Waals surface area contributed by atoms with E-state index in [1.165, 1.54) is 10.6 Å². The summed E-state index contributed by atoms with van der Waals surface area (Å²) in [7, 11) is 3.59. The summed E-state index contributed by atoms with van der Waals surface area (Å²) in [4.78, 5) is 72.0. The van der Waals surface area contributed by atoms with Crippen molar-refractivity contribution in [3.63, 3.8) is 0 Å². The van der Waals surface area contributed by atoms with Gasteiger partial charge in [0.1, 0.15) is 17.4 Å². The summed E-state index contributed by atoms with van der Waals surface area (Å²) < 4.78 is 44.2. The van der Waals surface area contributed by atoms with Crippen LogP contribution in [0.25, 0.3) is 21.9 Å². The monoisotopic (exact) mass is 785 g/mol. The molecule has 0 radical (unpaired) electrons. The molecule has 3 aromatic heterocycles. The van der Waals surface area contributed by atoms with Gasteiger partial charge in [-0.25, -0.2) is 9.78 Å². The normalized spacial score (nSPS) is 20.9. The van der Waals surface area contributed by atoms with Crippen molar-refractivity contribution in [1.82, 2.24) is 34.1 Å². The molecule has 2 N–H and O–H groups in total. The zero-order valence-corrected chi connectivity index (χ0v) is 31.5. The third-order valence-corrected chi connectivity index (χ3v) is 11.8. The molecular formula is C40H42F3N9O5. The van der Waals surface area contributed by atoms with Crippen molar-refractivity contribution in [1.29, 1.82) is 0 Å². The van der Waals surface area contributed by atoms with Crippen LogP contribution in [0.1, 0.15) is 79.6 Å². The number of imidazole rings is 1. The number of pyridine rings is 1. The third-order valence-electron chi connectivity index (χ3n) is 11.8. The van der Waals surface area contributed by atoms with Crippen LogP contribution in [0.4, 0.5) is 24.5 Å². The Morgan fingerprint density at radius 2 is 1.67 bits per heavy atom. The number of hydrogen-bond acceptors (Lipinski definition) is 8. The van der Waals surface area contributed by atoms with Crippen LogP contribution in [-0.4, -0.2) is 78.6 Å². The highest BCUT2D eigenvalue weighted by Gasteiger charge is 2.36. The number of rotatable bonds is 7. The number of alkyl halides is 3. The van der Waals surface area contributed by atoms with Gasteiger partial charge in [-0.05, 0) is 87.4 Å². The van der Waals surface area contributed by atoms with Gasteiger partial charge in [0, 0.05) is 62.8 Å². The standard InChI is InChI=1S/C40H42F3N9O5/c1-48(26-17-19-50(20-18-26)30-6-4-7-31-35(30)49(2)39(57)52(31)32-15-16-34(53)46-37(32)55)38(56)23-9-12-27(13-10-23)51-22-24-21-25(11-14-28(24)47-51)44-36(54)29-5-3-8-33(45-29)40(41,42)43/h3-8,11,14,21-23,26-27,32H,9-10,12-13,15-20H2,1-2H3,(H,44,54)(H,46,53,55). The molecule has 57 heavy (non-hydrogen) atoms. The van der Waals surface area contributed by atoms with Crippen molar-refractivity contribution in [2.24, 2.45) is 13.0 Å². The maximum Gasteiger partial charge on any atom is 0.433 e. The molecular weight excluding hydrogens is 743 g/mol. The molecule has 2 aromatic carbocycles. The van der Waals surface area contributed by atoms with E-state index in [0.29, 0.717) is 42.7 Å². The molecule has 1 saturated carbocycles. The molecule has 3 fully saturated rings. The first kappa shape index (κ1) is 37.9. The zero-order valence-electron chi connectivity index (χ0n) is 31.5. The maximum atomic E-state index is 13.8. The van der Waals surface area contributed by atoms with Gasteiger partial charge >= 0.3 is 11.9 Å². The van der Waals surface area contributed by atoms with Crippen LogP contribution in [0, 0.1) is 5.92 Å². The van der Waals surface area contributed by atoms with E-state index in [9.17, 15) is 37.1 Å². The molecule has 8 rings (SSSR count). The van der Waals surface area contributed by atoms with E-state index in [1.807, 2.05) is 41.0 Å². The van der Waals surface area contributed by atoms with E-state index in [2.05, 4.69) is 20.5 Å². The van der Waals surface area contributed by atoms with Crippen LogP contribution in [0.2, 0.25) is 0 Å². The number of carbonyl (C=O) groups is 4. The second kappa shape index (κ2) is 14.8. The average molecular weight is 786 g/mol. The lowest BCUT2D eigenvalue weighted by atomic mass is 9.84. The smallest absolute Gasteiger partial charge is 0.370 e. The minimum absolute atomic E-state index is 0.0676. The van der Waals surface area contributed by atoms with Gasteiger partial charge < -0.3 is 15.1 Å². The predicted molar refractivity (Wildman–Crippen MR) is 205 cm³/mol. The highest BCUT2D eigenvalue weighted by molar-refractivity contribution is 6.04. The van der Waals surface area contributed by atoms with Crippen molar-refractivity contribution in [2.75, 3.05) is 30.4 Å². The fraction of sp³-hybridized carbons (Fsp3) is 0.425. The first-order valence-corrected chi connectivity index (χ1v) is 19.2. The van der Waals surface area contributed by atoms with Crippen LogP contribution in [-0.2, 0) is 27.6 Å². The molecule has 5 heterocycles. The van der Waals surface area contributed by atoms with Crippen LogP contribution in [0.3, 0.4) is 0 Å². The number of amides is 4. The van der Waals surface area contributed by atoms with Gasteiger partial charge in [-0.3, -0.25) is 38.3 Å². The van der Waals surface area contributed by atoms with E-state index in [4.69, 9.17) is 5.10 Å². The van der Waals surface area contributed by atoms with Crippen molar-refractivity contribution in [2.45, 2.75) is 75.7 Å². The quantitative estimate of drug-likeness (QED) is 0.214. The van der Waals surface area contributed by atoms with Crippen molar-refractivity contribution >= 4 is 56.9 Å². The first-order valence-electron chi connectivity index (χ1n) is 19.2. The minimum Gasteiger partial charge on any atom is -0.370 e. The lowest BCUT2D eigenvalue weighted by Gasteiger charge is -2.40. The lowest BCUT2D eigenvalue weighted by Crippen LogP contribution is -2.47. The molecule has 1 unspecified atom stereocenters. The molecule has 1 atom stereocenters. The number of halogens is 3. The van der Waals surface area contributed by atoms with Crippen molar-refractivity contribution in [3.8, 4) is 0 Å². The fourth-order valence-corrected chi connectivity index (χ4v) is 8.68. The zero-order chi connectivity index (χ0) is 40.2. The summed E-state index contributed by atoms with van der Waals surface area (Å²) in [6.07, 6.45) is 2.15. The number of para-hydroxylation sites is 1. The number of benzene rings is 2. The molecule has 4 amide bonds.